The molecule has 19 N–H and O–H groups in total. The molecule has 27 heteroatoms. The third-order valence-electron chi connectivity index (χ3n) is 11.8. The molecule has 0 aromatic heterocycles. The fourth-order valence-corrected chi connectivity index (χ4v) is 10.0. The molecule has 1 saturated heterocycles. The highest BCUT2D eigenvalue weighted by molar-refractivity contribution is 8.76. The number of urea groups is 1. The number of carbonyl (C=O) groups excluding carboxylic acids is 9. The van der Waals surface area contributed by atoms with Gasteiger partial charge in [-0.15, -0.1) is 0 Å². The molecule has 3 aromatic rings. The number of rotatable bonds is 20. The molecule has 414 valence electrons. The average molecular weight is 1120 g/mol. The van der Waals surface area contributed by atoms with E-state index >= 15 is 0 Å². The number of phenols is 2. The Labute approximate surface area is 451 Å². The molecule has 4 rings (SSSR count). The van der Waals surface area contributed by atoms with Crippen molar-refractivity contribution in [2.45, 2.75) is 113 Å². The second-order valence-corrected chi connectivity index (χ2v) is 20.9. The monoisotopic (exact) mass is 1110 g/mol. The highest BCUT2D eigenvalue weighted by Gasteiger charge is 2.36. The maximum Gasteiger partial charge on any atom is 0.312 e. The van der Waals surface area contributed by atoms with Crippen molar-refractivity contribution in [3.8, 4) is 11.5 Å². The van der Waals surface area contributed by atoms with Gasteiger partial charge < -0.3 is 80.8 Å². The van der Waals surface area contributed by atoms with Gasteiger partial charge in [0, 0.05) is 35.9 Å². The number of unbranched alkanes of at least 4 members (excludes halogenated alkanes) is 1. The number of halogens is 1. The van der Waals surface area contributed by atoms with Crippen molar-refractivity contribution in [2.75, 3.05) is 24.6 Å². The second-order valence-electron chi connectivity index (χ2n) is 18.0. The lowest BCUT2D eigenvalue weighted by atomic mass is 10.0. The van der Waals surface area contributed by atoms with Crippen LogP contribution < -0.4 is 65.5 Å². The number of amides is 10. The van der Waals surface area contributed by atoms with Gasteiger partial charge in [0.25, 0.3) is 0 Å². The summed E-state index contributed by atoms with van der Waals surface area (Å²) in [5.41, 5.74) is 24.7. The van der Waals surface area contributed by atoms with E-state index in [2.05, 4.69) is 42.5 Å². The molecule has 0 bridgehead atoms. The number of phenolic OH excluding ortho intramolecular Hbond substituents is 2. The maximum absolute atomic E-state index is 14.5. The SMILES string of the molecule is CC(O)C1NC(=O)[C@H](CCCCN)NC(=O)[C@@H](CCCNC(N)=O)NC(=O)[C@H](Cc2ccc(O)cc2)NC(=O)[C@H](NC(=O)[C@@H](N)Cc2ccc(Cl)cc2)CSSC[C@@H](C(=O)N[C@H](Cc2ccc(O)cc2)C(N)=O)NC1=O. The molecule has 76 heavy (non-hydrogen) atoms. The van der Waals surface area contributed by atoms with Crippen LogP contribution in [0.5, 0.6) is 11.5 Å². The Morgan fingerprint density at radius 1 is 0.684 bits per heavy atom. The standard InChI is InChI=1S/C49H67ClN12O12S2/c1-26(63)40-48(73)61-39(46(71)58-36(41(53)66)22-28-9-15-31(64)16-10-28)25-76-75-24-38(60-42(67)33(52)21-27-7-13-30(50)14-8-27)47(72)59-37(23-29-11-17-32(65)18-12-29)45(70)57-35(6-4-20-55-49(54)74)43(68)56-34(44(69)62-40)5-2-3-19-51/h7-18,26,33-40,63-65H,2-6,19-25,51-52H2,1H3,(H2,53,66)(H,56,68)(H,57,70)(H,58,71)(H,59,72)(H,60,67)(H,61,73)(H,62,69)(H3,54,55,74)/t26?,33-,34-,35+,36+,37-,38+,39-,40?/m0/s1. The van der Waals surface area contributed by atoms with E-state index in [0.717, 1.165) is 21.6 Å². The average Bonchev–Trinajstić information content (AvgIpc) is 3.37. The summed E-state index contributed by atoms with van der Waals surface area (Å²) in [5, 5.41) is 51.8. The molecule has 0 saturated carbocycles. The largest absolute Gasteiger partial charge is 0.508 e. The maximum atomic E-state index is 14.5. The van der Waals surface area contributed by atoms with Crippen LogP contribution in [-0.2, 0) is 57.6 Å². The minimum Gasteiger partial charge on any atom is -0.508 e. The summed E-state index contributed by atoms with van der Waals surface area (Å²) in [4.78, 5) is 124. The number of benzene rings is 3. The molecular formula is C49H67ClN12O12S2. The Hall–Kier alpha value is -6.84. The molecule has 1 aliphatic heterocycles. The number of aliphatic hydroxyl groups excluding tert-OH is 1. The van der Waals surface area contributed by atoms with Crippen molar-refractivity contribution in [1.82, 2.24) is 42.5 Å². The van der Waals surface area contributed by atoms with Crippen LogP contribution in [0.1, 0.15) is 55.7 Å². The number of primary amides is 2. The van der Waals surface area contributed by atoms with E-state index in [-0.39, 0.29) is 81.0 Å². The Bertz CT molecular complexity index is 2460. The summed E-state index contributed by atoms with van der Waals surface area (Å²) < 4.78 is 0. The van der Waals surface area contributed by atoms with Crippen molar-refractivity contribution in [2.24, 2.45) is 22.9 Å². The lowest BCUT2D eigenvalue weighted by Gasteiger charge is -2.29. The molecule has 2 unspecified atom stereocenters. The number of hydrogen-bond acceptors (Lipinski definition) is 16. The predicted molar refractivity (Wildman–Crippen MR) is 286 cm³/mol. The zero-order valence-electron chi connectivity index (χ0n) is 41.6. The van der Waals surface area contributed by atoms with E-state index < -0.39 is 108 Å². The molecule has 0 aliphatic carbocycles. The van der Waals surface area contributed by atoms with E-state index in [4.69, 9.17) is 34.5 Å². The highest BCUT2D eigenvalue weighted by atomic mass is 35.5. The van der Waals surface area contributed by atoms with Crippen molar-refractivity contribution in [3.63, 3.8) is 0 Å². The van der Waals surface area contributed by atoms with Gasteiger partial charge >= 0.3 is 6.03 Å². The van der Waals surface area contributed by atoms with Gasteiger partial charge in [-0.2, -0.15) is 0 Å². The molecule has 0 spiro atoms. The number of nitrogens with two attached hydrogens (primary N) is 4. The topological polar surface area (TPSA) is 415 Å². The quantitative estimate of drug-likeness (QED) is 0.0445. The van der Waals surface area contributed by atoms with Crippen LogP contribution in [-0.4, -0.2) is 148 Å². The van der Waals surface area contributed by atoms with E-state index in [1.54, 1.807) is 24.3 Å². The number of aromatic hydroxyl groups is 2. The minimum absolute atomic E-state index is 0.0286. The normalized spacial score (nSPS) is 21.4. The van der Waals surface area contributed by atoms with Gasteiger partial charge in [-0.25, -0.2) is 4.79 Å². The van der Waals surface area contributed by atoms with E-state index in [9.17, 15) is 58.5 Å². The van der Waals surface area contributed by atoms with Crippen LogP contribution in [0.2, 0.25) is 5.02 Å². The van der Waals surface area contributed by atoms with Gasteiger partial charge in [-0.1, -0.05) is 69.6 Å². The molecule has 1 fully saturated rings. The number of nitrogens with one attached hydrogen (secondary N) is 8. The number of aliphatic hydroxyl groups is 1. The van der Waals surface area contributed by atoms with Crippen molar-refractivity contribution in [1.29, 1.82) is 0 Å². The van der Waals surface area contributed by atoms with Crippen LogP contribution in [0.25, 0.3) is 0 Å². The van der Waals surface area contributed by atoms with Gasteiger partial charge in [-0.3, -0.25) is 38.4 Å². The first-order valence-electron chi connectivity index (χ1n) is 24.3. The van der Waals surface area contributed by atoms with Gasteiger partial charge in [0.2, 0.25) is 47.3 Å². The van der Waals surface area contributed by atoms with Crippen LogP contribution in [0, 0.1) is 0 Å². The Kier molecular flexibility index (Phi) is 25.4. The summed E-state index contributed by atoms with van der Waals surface area (Å²) >= 11 is 6.05. The second kappa shape index (κ2) is 31.3. The Balaban J connectivity index is 1.79. The summed E-state index contributed by atoms with van der Waals surface area (Å²) in [6, 6.07) is 5.61. The molecule has 3 aromatic carbocycles. The van der Waals surface area contributed by atoms with Crippen LogP contribution >= 0.6 is 33.2 Å². The summed E-state index contributed by atoms with van der Waals surface area (Å²) in [5.74, 6) is -8.02. The van der Waals surface area contributed by atoms with Gasteiger partial charge in [0.1, 0.15) is 53.8 Å². The lowest BCUT2D eigenvalue weighted by Crippen LogP contribution is -2.62. The fourth-order valence-electron chi connectivity index (χ4n) is 7.57. The zero-order valence-corrected chi connectivity index (χ0v) is 44.0. The van der Waals surface area contributed by atoms with Gasteiger partial charge in [-0.05, 0) is 105 Å². The van der Waals surface area contributed by atoms with Gasteiger partial charge in [0.05, 0.1) is 12.1 Å². The lowest BCUT2D eigenvalue weighted by molar-refractivity contribution is -0.136. The predicted octanol–water partition coefficient (Wildman–Crippen LogP) is -1.66. The highest BCUT2D eigenvalue weighted by Crippen LogP contribution is 2.24. The smallest absolute Gasteiger partial charge is 0.312 e. The van der Waals surface area contributed by atoms with Crippen molar-refractivity contribution in [3.05, 3.63) is 94.5 Å². The zero-order chi connectivity index (χ0) is 55.9. The van der Waals surface area contributed by atoms with Crippen LogP contribution in [0.15, 0.2) is 72.8 Å². The molecule has 10 amide bonds. The van der Waals surface area contributed by atoms with E-state index in [1.807, 2.05) is 0 Å². The van der Waals surface area contributed by atoms with Crippen LogP contribution in [0.3, 0.4) is 0 Å². The first kappa shape index (κ1) is 61.7. The first-order valence-corrected chi connectivity index (χ1v) is 27.1. The van der Waals surface area contributed by atoms with Crippen molar-refractivity contribution < 1.29 is 58.5 Å². The first-order chi connectivity index (χ1) is 36.1. The molecule has 9 atom stereocenters. The molecule has 0 radical (unpaired) electrons. The molecule has 24 nitrogen and oxygen atoms in total. The molecule has 1 aliphatic rings. The van der Waals surface area contributed by atoms with E-state index in [1.165, 1.54) is 55.5 Å². The molecule has 1 heterocycles. The van der Waals surface area contributed by atoms with Gasteiger partial charge in [0.15, 0.2) is 0 Å². The van der Waals surface area contributed by atoms with E-state index in [0.29, 0.717) is 28.1 Å². The Morgan fingerprint density at radius 2 is 1.21 bits per heavy atom. The summed E-state index contributed by atoms with van der Waals surface area (Å²) in [6.07, 6.45) is -1.36. The molecular weight excluding hydrogens is 1050 g/mol. The number of carbonyl (C=O) groups is 9. The minimum atomic E-state index is -1.75. The summed E-state index contributed by atoms with van der Waals surface area (Å²) in [6.45, 7) is 1.38. The number of hydrogen-bond donors (Lipinski definition) is 15. The van der Waals surface area contributed by atoms with Crippen LogP contribution in [0.4, 0.5) is 4.79 Å². The fraction of sp³-hybridized carbons (Fsp3) is 0.449. The summed E-state index contributed by atoms with van der Waals surface area (Å²) in [7, 11) is 1.90. The van der Waals surface area contributed by atoms with Crippen molar-refractivity contribution >= 4 is 86.5 Å². The third-order valence-corrected chi connectivity index (χ3v) is 14.5. The third kappa shape index (κ3) is 21.1. The Morgan fingerprint density at radius 3 is 1.79 bits per heavy atom.